The van der Waals surface area contributed by atoms with E-state index >= 15 is 0 Å². The molecule has 2 heterocycles. The number of nitrogens with one attached hydrogen (secondary N) is 1. The molecule has 1 aliphatic rings. The molecular weight excluding hydrogens is 224 g/mol. The lowest BCUT2D eigenvalue weighted by molar-refractivity contribution is 0.289. The van der Waals surface area contributed by atoms with Gasteiger partial charge in [0.15, 0.2) is 0 Å². The number of furan rings is 1. The molecule has 1 unspecified atom stereocenters. The van der Waals surface area contributed by atoms with Gasteiger partial charge in [-0.2, -0.15) is 0 Å². The van der Waals surface area contributed by atoms with Crippen LogP contribution in [0.1, 0.15) is 38.5 Å². The lowest BCUT2D eigenvalue weighted by atomic mass is 10.2. The molecule has 2 rings (SSSR count). The van der Waals surface area contributed by atoms with Gasteiger partial charge in [-0.25, -0.2) is 0 Å². The number of nitrogens with zero attached hydrogens (tertiary/aromatic N) is 1. The first-order chi connectivity index (χ1) is 8.63. The Balaban J connectivity index is 1.75. The summed E-state index contributed by atoms with van der Waals surface area (Å²) < 4.78 is 5.64. The Morgan fingerprint density at radius 1 is 1.50 bits per heavy atom. The van der Waals surface area contributed by atoms with Crippen molar-refractivity contribution >= 4 is 0 Å². The minimum atomic E-state index is 0.697. The van der Waals surface area contributed by atoms with Crippen molar-refractivity contribution in [3.8, 4) is 0 Å². The first-order valence-electron chi connectivity index (χ1n) is 7.13. The van der Waals surface area contributed by atoms with Crippen LogP contribution >= 0.6 is 0 Å². The van der Waals surface area contributed by atoms with Crippen molar-refractivity contribution in [2.75, 3.05) is 19.6 Å². The van der Waals surface area contributed by atoms with E-state index in [1.165, 1.54) is 25.1 Å². The molecule has 1 saturated heterocycles. The predicted octanol–water partition coefficient (Wildman–Crippen LogP) is 2.87. The summed E-state index contributed by atoms with van der Waals surface area (Å²) in [6, 6.07) is 2.19. The van der Waals surface area contributed by atoms with Crippen molar-refractivity contribution in [2.24, 2.45) is 11.8 Å². The quantitative estimate of drug-likeness (QED) is 0.841. The van der Waals surface area contributed by atoms with Crippen LogP contribution in [0.3, 0.4) is 0 Å². The smallest absolute Gasteiger partial charge is 0.118 e. The summed E-state index contributed by atoms with van der Waals surface area (Å²) in [4.78, 5) is 2.48. The Morgan fingerprint density at radius 3 is 3.00 bits per heavy atom. The maximum Gasteiger partial charge on any atom is 0.118 e. The van der Waals surface area contributed by atoms with Gasteiger partial charge >= 0.3 is 0 Å². The highest BCUT2D eigenvalue weighted by atomic mass is 16.3. The Labute approximate surface area is 111 Å². The number of rotatable bonds is 6. The fraction of sp³-hybridized carbons (Fsp3) is 0.733. The zero-order valence-electron chi connectivity index (χ0n) is 11.9. The molecule has 0 saturated carbocycles. The van der Waals surface area contributed by atoms with Gasteiger partial charge in [-0.1, -0.05) is 20.8 Å². The molecule has 102 valence electrons. The average molecular weight is 250 g/mol. The van der Waals surface area contributed by atoms with E-state index in [4.69, 9.17) is 4.42 Å². The summed E-state index contributed by atoms with van der Waals surface area (Å²) in [5.74, 6) is 2.64. The molecule has 1 aromatic heterocycles. The molecule has 3 nitrogen and oxygen atoms in total. The van der Waals surface area contributed by atoms with E-state index in [0.29, 0.717) is 5.92 Å². The van der Waals surface area contributed by atoms with Gasteiger partial charge in [-0.05, 0) is 37.4 Å². The average Bonchev–Trinajstić information content (AvgIpc) is 2.89. The molecule has 1 N–H and O–H groups in total. The van der Waals surface area contributed by atoms with Crippen LogP contribution < -0.4 is 5.32 Å². The highest BCUT2D eigenvalue weighted by Crippen LogP contribution is 2.18. The lowest BCUT2D eigenvalue weighted by Crippen LogP contribution is -2.19. The molecule has 0 spiro atoms. The van der Waals surface area contributed by atoms with Crippen LogP contribution in [0.5, 0.6) is 0 Å². The van der Waals surface area contributed by atoms with E-state index in [-0.39, 0.29) is 0 Å². The summed E-state index contributed by atoms with van der Waals surface area (Å²) in [5, 5.41) is 3.44. The summed E-state index contributed by atoms with van der Waals surface area (Å²) in [5.41, 5.74) is 1.26. The van der Waals surface area contributed by atoms with Gasteiger partial charge < -0.3 is 9.73 Å². The highest BCUT2D eigenvalue weighted by Gasteiger charge is 2.19. The standard InChI is InChI=1S/C15H26N2O/c1-12(2)7-16-8-14-6-15(18-11-14)10-17-5-4-13(3)9-17/h6,11-13,16H,4-5,7-10H2,1-3H3. The van der Waals surface area contributed by atoms with E-state index in [0.717, 1.165) is 31.3 Å². The van der Waals surface area contributed by atoms with Crippen LogP contribution in [0.15, 0.2) is 16.7 Å². The van der Waals surface area contributed by atoms with Crippen LogP contribution in [-0.4, -0.2) is 24.5 Å². The molecular formula is C15H26N2O. The zero-order chi connectivity index (χ0) is 13.0. The minimum Gasteiger partial charge on any atom is -0.468 e. The van der Waals surface area contributed by atoms with Crippen molar-refractivity contribution in [3.63, 3.8) is 0 Å². The van der Waals surface area contributed by atoms with Crippen LogP contribution in [-0.2, 0) is 13.1 Å². The fourth-order valence-corrected chi connectivity index (χ4v) is 2.50. The van der Waals surface area contributed by atoms with E-state index in [1.54, 1.807) is 0 Å². The topological polar surface area (TPSA) is 28.4 Å². The van der Waals surface area contributed by atoms with Gasteiger partial charge in [0.2, 0.25) is 0 Å². The zero-order valence-corrected chi connectivity index (χ0v) is 11.9. The van der Waals surface area contributed by atoms with Gasteiger partial charge in [0.05, 0.1) is 12.8 Å². The maximum absolute atomic E-state index is 5.64. The normalized spacial score (nSPS) is 21.0. The number of hydrogen-bond donors (Lipinski definition) is 1. The van der Waals surface area contributed by atoms with Gasteiger partial charge in [0, 0.05) is 18.7 Å². The van der Waals surface area contributed by atoms with Crippen molar-refractivity contribution < 1.29 is 4.42 Å². The van der Waals surface area contributed by atoms with Crippen LogP contribution in [0.25, 0.3) is 0 Å². The van der Waals surface area contributed by atoms with Gasteiger partial charge in [0.25, 0.3) is 0 Å². The molecule has 1 aromatic rings. The second-order valence-corrected chi connectivity index (χ2v) is 6.07. The molecule has 0 radical (unpaired) electrons. The fourth-order valence-electron chi connectivity index (χ4n) is 2.50. The molecule has 1 fully saturated rings. The summed E-state index contributed by atoms with van der Waals surface area (Å²) in [6.07, 6.45) is 3.21. The van der Waals surface area contributed by atoms with Gasteiger partial charge in [0.1, 0.15) is 5.76 Å². The summed E-state index contributed by atoms with van der Waals surface area (Å²) >= 11 is 0. The Kier molecular flexibility index (Phi) is 4.84. The Hall–Kier alpha value is -0.800. The second kappa shape index (κ2) is 6.39. The van der Waals surface area contributed by atoms with Crippen LogP contribution in [0.2, 0.25) is 0 Å². The summed E-state index contributed by atoms with van der Waals surface area (Å²) in [7, 11) is 0. The lowest BCUT2D eigenvalue weighted by Gasteiger charge is -2.12. The van der Waals surface area contributed by atoms with Crippen molar-refractivity contribution in [2.45, 2.75) is 40.3 Å². The Bertz CT molecular complexity index is 359. The molecule has 0 bridgehead atoms. The van der Waals surface area contributed by atoms with Crippen molar-refractivity contribution in [1.82, 2.24) is 10.2 Å². The third kappa shape index (κ3) is 4.14. The van der Waals surface area contributed by atoms with E-state index in [2.05, 4.69) is 37.1 Å². The monoisotopic (exact) mass is 250 g/mol. The van der Waals surface area contributed by atoms with E-state index in [9.17, 15) is 0 Å². The minimum absolute atomic E-state index is 0.697. The van der Waals surface area contributed by atoms with Crippen molar-refractivity contribution in [1.29, 1.82) is 0 Å². The van der Waals surface area contributed by atoms with E-state index in [1.807, 2.05) is 6.26 Å². The largest absolute Gasteiger partial charge is 0.468 e. The molecule has 0 aromatic carbocycles. The van der Waals surface area contributed by atoms with Crippen LogP contribution in [0.4, 0.5) is 0 Å². The van der Waals surface area contributed by atoms with Crippen molar-refractivity contribution in [3.05, 3.63) is 23.7 Å². The molecule has 1 atom stereocenters. The van der Waals surface area contributed by atoms with Crippen LogP contribution in [0, 0.1) is 11.8 Å². The first kappa shape index (κ1) is 13.6. The third-order valence-corrected chi connectivity index (χ3v) is 3.48. The SMILES string of the molecule is CC(C)CNCc1coc(CN2CCC(C)C2)c1. The molecule has 0 amide bonds. The predicted molar refractivity (Wildman–Crippen MR) is 74.3 cm³/mol. The van der Waals surface area contributed by atoms with E-state index < -0.39 is 0 Å². The van der Waals surface area contributed by atoms with Gasteiger partial charge in [-0.3, -0.25) is 4.90 Å². The number of likely N-dealkylation sites (tertiary alicyclic amines) is 1. The number of hydrogen-bond acceptors (Lipinski definition) is 3. The molecule has 18 heavy (non-hydrogen) atoms. The summed E-state index contributed by atoms with van der Waals surface area (Å²) in [6.45, 7) is 12.1. The Morgan fingerprint density at radius 2 is 2.33 bits per heavy atom. The maximum atomic E-state index is 5.64. The highest BCUT2D eigenvalue weighted by molar-refractivity contribution is 5.12. The third-order valence-electron chi connectivity index (χ3n) is 3.48. The second-order valence-electron chi connectivity index (χ2n) is 6.07. The molecule has 1 aliphatic heterocycles. The van der Waals surface area contributed by atoms with Gasteiger partial charge in [-0.15, -0.1) is 0 Å². The molecule has 3 heteroatoms. The molecule has 0 aliphatic carbocycles. The first-order valence-corrected chi connectivity index (χ1v) is 7.13.